The monoisotopic (exact) mass is 265 g/mol. The van der Waals surface area contributed by atoms with Crippen LogP contribution in [0.3, 0.4) is 0 Å². The van der Waals surface area contributed by atoms with Crippen LogP contribution in [-0.2, 0) is 4.74 Å². The van der Waals surface area contributed by atoms with Gasteiger partial charge in [0.25, 0.3) is 0 Å². The van der Waals surface area contributed by atoms with Gasteiger partial charge >= 0.3 is 5.97 Å². The maximum Gasteiger partial charge on any atom is 0.358 e. The number of ether oxygens (including phenoxy) is 1. The highest BCUT2D eigenvalue weighted by Gasteiger charge is 2.06. The van der Waals surface area contributed by atoms with Crippen molar-refractivity contribution in [2.75, 3.05) is 19.0 Å². The summed E-state index contributed by atoms with van der Waals surface area (Å²) in [5.41, 5.74) is 0.229. The van der Waals surface area contributed by atoms with Crippen molar-refractivity contribution in [2.24, 2.45) is 0 Å². The minimum absolute atomic E-state index is 0.229. The highest BCUT2D eigenvalue weighted by molar-refractivity contribution is 5.86. The first-order valence-electron chi connectivity index (χ1n) is 6.94. The molecule has 5 nitrogen and oxygen atoms in total. The predicted molar refractivity (Wildman–Crippen MR) is 75.2 cm³/mol. The molecule has 1 rings (SSSR count). The summed E-state index contributed by atoms with van der Waals surface area (Å²) in [6.07, 6.45) is 7.59. The quantitative estimate of drug-likeness (QED) is 0.549. The second-order valence-corrected chi connectivity index (χ2v) is 4.49. The average Bonchev–Trinajstić information content (AvgIpc) is 2.46. The number of nitrogens with zero attached hydrogens (tertiary/aromatic N) is 2. The minimum atomic E-state index is -0.463. The van der Waals surface area contributed by atoms with Gasteiger partial charge in [-0.05, 0) is 18.6 Å². The van der Waals surface area contributed by atoms with Crippen molar-refractivity contribution in [3.8, 4) is 0 Å². The summed E-state index contributed by atoms with van der Waals surface area (Å²) in [5, 5.41) is 10.9. The van der Waals surface area contributed by atoms with Crippen LogP contribution < -0.4 is 5.32 Å². The highest BCUT2D eigenvalue weighted by Crippen LogP contribution is 2.06. The Labute approximate surface area is 114 Å². The number of carbonyl (C=O) groups is 1. The van der Waals surface area contributed by atoms with Crippen molar-refractivity contribution < 1.29 is 9.53 Å². The van der Waals surface area contributed by atoms with Crippen LogP contribution in [0.2, 0.25) is 0 Å². The fraction of sp³-hybridized carbons (Fsp3) is 0.643. The molecule has 0 amide bonds. The zero-order valence-electron chi connectivity index (χ0n) is 11.8. The molecular weight excluding hydrogens is 242 g/mol. The van der Waals surface area contributed by atoms with Crippen molar-refractivity contribution in [1.29, 1.82) is 0 Å². The molecular formula is C14H23N3O2. The van der Waals surface area contributed by atoms with E-state index in [-0.39, 0.29) is 5.69 Å². The topological polar surface area (TPSA) is 64.1 Å². The van der Waals surface area contributed by atoms with E-state index in [1.807, 2.05) is 0 Å². The molecule has 1 aromatic heterocycles. The molecule has 0 saturated carbocycles. The molecule has 106 valence electrons. The van der Waals surface area contributed by atoms with Crippen LogP contribution in [0.1, 0.15) is 55.9 Å². The Bertz CT molecular complexity index is 365. The summed E-state index contributed by atoms with van der Waals surface area (Å²) in [4.78, 5) is 11.2. The molecule has 19 heavy (non-hydrogen) atoms. The molecule has 0 spiro atoms. The van der Waals surface area contributed by atoms with Crippen LogP contribution in [0.5, 0.6) is 0 Å². The molecule has 1 heterocycles. The van der Waals surface area contributed by atoms with E-state index in [0.717, 1.165) is 13.0 Å². The molecule has 0 saturated heterocycles. The molecule has 0 aliphatic heterocycles. The molecule has 0 aliphatic carbocycles. The Hall–Kier alpha value is -1.65. The van der Waals surface area contributed by atoms with Crippen LogP contribution in [0, 0.1) is 0 Å². The van der Waals surface area contributed by atoms with E-state index >= 15 is 0 Å². The average molecular weight is 265 g/mol. The van der Waals surface area contributed by atoms with E-state index in [2.05, 4.69) is 27.2 Å². The zero-order valence-corrected chi connectivity index (χ0v) is 11.8. The lowest BCUT2D eigenvalue weighted by molar-refractivity contribution is 0.0593. The molecule has 0 unspecified atom stereocenters. The fourth-order valence-corrected chi connectivity index (χ4v) is 1.76. The standard InChI is InChI=1S/C14H23N3O2/c1-3-4-5-6-7-8-11-15-13-10-9-12(16-17-13)14(18)19-2/h9-10H,3-8,11H2,1-2H3,(H,15,17). The number of esters is 1. The molecule has 1 aromatic rings. The van der Waals surface area contributed by atoms with Gasteiger partial charge in [-0.25, -0.2) is 4.79 Å². The number of hydrogen-bond acceptors (Lipinski definition) is 5. The maximum atomic E-state index is 11.2. The normalized spacial score (nSPS) is 10.2. The first-order valence-corrected chi connectivity index (χ1v) is 6.94. The number of carbonyl (C=O) groups excluding carboxylic acids is 1. The Morgan fingerprint density at radius 1 is 1.16 bits per heavy atom. The second-order valence-electron chi connectivity index (χ2n) is 4.49. The molecule has 5 heteroatoms. The van der Waals surface area contributed by atoms with Crippen molar-refractivity contribution in [2.45, 2.75) is 45.4 Å². The van der Waals surface area contributed by atoms with Crippen molar-refractivity contribution in [3.63, 3.8) is 0 Å². The van der Waals surface area contributed by atoms with E-state index in [4.69, 9.17) is 0 Å². The lowest BCUT2D eigenvalue weighted by atomic mass is 10.1. The summed E-state index contributed by atoms with van der Waals surface area (Å²) in [5.74, 6) is 0.233. The largest absolute Gasteiger partial charge is 0.464 e. The van der Waals surface area contributed by atoms with Gasteiger partial charge in [-0.1, -0.05) is 39.0 Å². The Morgan fingerprint density at radius 3 is 2.53 bits per heavy atom. The van der Waals surface area contributed by atoms with Crippen LogP contribution >= 0.6 is 0 Å². The van der Waals surface area contributed by atoms with Crippen LogP contribution in [0.4, 0.5) is 5.82 Å². The van der Waals surface area contributed by atoms with Gasteiger partial charge in [-0.3, -0.25) is 0 Å². The number of unbranched alkanes of at least 4 members (excludes halogenated alkanes) is 5. The van der Waals surface area contributed by atoms with E-state index in [1.165, 1.54) is 39.2 Å². The number of methoxy groups -OCH3 is 1. The number of rotatable bonds is 9. The van der Waals surface area contributed by atoms with E-state index < -0.39 is 5.97 Å². The summed E-state index contributed by atoms with van der Waals surface area (Å²) >= 11 is 0. The van der Waals surface area contributed by atoms with Gasteiger partial charge < -0.3 is 10.1 Å². The minimum Gasteiger partial charge on any atom is -0.464 e. The Morgan fingerprint density at radius 2 is 1.89 bits per heavy atom. The van der Waals surface area contributed by atoms with Gasteiger partial charge in [0.05, 0.1) is 7.11 Å². The lowest BCUT2D eigenvalue weighted by Gasteiger charge is -2.05. The van der Waals surface area contributed by atoms with Crippen LogP contribution in [-0.4, -0.2) is 29.8 Å². The summed E-state index contributed by atoms with van der Waals surface area (Å²) in [6.45, 7) is 3.11. The zero-order chi connectivity index (χ0) is 13.9. The fourth-order valence-electron chi connectivity index (χ4n) is 1.76. The summed E-state index contributed by atoms with van der Waals surface area (Å²) in [7, 11) is 1.33. The van der Waals surface area contributed by atoms with Gasteiger partial charge in [-0.15, -0.1) is 10.2 Å². The maximum absolute atomic E-state index is 11.2. The van der Waals surface area contributed by atoms with Gasteiger partial charge in [0.15, 0.2) is 5.69 Å². The lowest BCUT2D eigenvalue weighted by Crippen LogP contribution is -2.08. The van der Waals surface area contributed by atoms with E-state index in [0.29, 0.717) is 5.82 Å². The molecule has 0 bridgehead atoms. The van der Waals surface area contributed by atoms with Crippen molar-refractivity contribution in [3.05, 3.63) is 17.8 Å². The molecule has 0 fully saturated rings. The third-order valence-electron chi connectivity index (χ3n) is 2.90. The summed E-state index contributed by atoms with van der Waals surface area (Å²) in [6, 6.07) is 3.36. The van der Waals surface area contributed by atoms with E-state index in [9.17, 15) is 4.79 Å². The van der Waals surface area contributed by atoms with Gasteiger partial charge in [0.1, 0.15) is 5.82 Å². The first-order chi connectivity index (χ1) is 9.27. The first kappa shape index (κ1) is 15.4. The molecule has 1 N–H and O–H groups in total. The SMILES string of the molecule is CCCCCCCCNc1ccc(C(=O)OC)nn1. The second kappa shape index (κ2) is 9.30. The Kier molecular flexibility index (Phi) is 7.54. The van der Waals surface area contributed by atoms with Crippen LogP contribution in [0.15, 0.2) is 12.1 Å². The molecule has 0 radical (unpaired) electrons. The van der Waals surface area contributed by atoms with Crippen molar-refractivity contribution in [1.82, 2.24) is 10.2 Å². The number of anilines is 1. The third kappa shape index (κ3) is 6.18. The third-order valence-corrected chi connectivity index (χ3v) is 2.90. The highest BCUT2D eigenvalue weighted by atomic mass is 16.5. The number of hydrogen-bond donors (Lipinski definition) is 1. The van der Waals surface area contributed by atoms with Gasteiger partial charge in [0, 0.05) is 6.54 Å². The van der Waals surface area contributed by atoms with Crippen molar-refractivity contribution >= 4 is 11.8 Å². The van der Waals surface area contributed by atoms with Gasteiger partial charge in [0.2, 0.25) is 0 Å². The number of nitrogens with one attached hydrogen (secondary N) is 1. The number of aromatic nitrogens is 2. The molecule has 0 aliphatic rings. The summed E-state index contributed by atoms with van der Waals surface area (Å²) < 4.78 is 4.56. The van der Waals surface area contributed by atoms with E-state index in [1.54, 1.807) is 12.1 Å². The molecule has 0 aromatic carbocycles. The molecule has 0 atom stereocenters. The predicted octanol–water partition coefficient (Wildman–Crippen LogP) is 3.04. The van der Waals surface area contributed by atoms with Crippen LogP contribution in [0.25, 0.3) is 0 Å². The smallest absolute Gasteiger partial charge is 0.358 e. The Balaban J connectivity index is 2.18. The van der Waals surface area contributed by atoms with Gasteiger partial charge in [-0.2, -0.15) is 0 Å².